The van der Waals surface area contributed by atoms with Crippen molar-refractivity contribution >= 4 is 22.5 Å². The van der Waals surface area contributed by atoms with Gasteiger partial charge in [-0.15, -0.1) is 11.3 Å². The summed E-state index contributed by atoms with van der Waals surface area (Å²) in [5.74, 6) is 0. The molecule has 2 amide bonds. The van der Waals surface area contributed by atoms with Crippen molar-refractivity contribution in [2.75, 3.05) is 11.9 Å². The van der Waals surface area contributed by atoms with Crippen molar-refractivity contribution in [3.05, 3.63) is 10.6 Å². The second-order valence-electron chi connectivity index (χ2n) is 3.98. The van der Waals surface area contributed by atoms with Gasteiger partial charge in [0.25, 0.3) is 0 Å². The van der Waals surface area contributed by atoms with Gasteiger partial charge in [0.05, 0.1) is 5.69 Å². The zero-order valence-corrected chi connectivity index (χ0v) is 10.3. The number of nitrogens with zero attached hydrogens (tertiary/aromatic N) is 1. The van der Waals surface area contributed by atoms with E-state index in [0.29, 0.717) is 6.54 Å². The van der Waals surface area contributed by atoms with Crippen LogP contribution in [0.1, 0.15) is 36.8 Å². The summed E-state index contributed by atoms with van der Waals surface area (Å²) in [7, 11) is 0. The molecule has 16 heavy (non-hydrogen) atoms. The third-order valence-corrected chi connectivity index (χ3v) is 3.67. The highest BCUT2D eigenvalue weighted by Crippen LogP contribution is 2.29. The number of hydrogen-bond acceptors (Lipinski definition) is 3. The normalized spacial score (nSPS) is 14.3. The molecule has 0 aromatic carbocycles. The Labute approximate surface area is 99.5 Å². The summed E-state index contributed by atoms with van der Waals surface area (Å²) in [5.41, 5.74) is 1.18. The Morgan fingerprint density at radius 1 is 1.44 bits per heavy atom. The van der Waals surface area contributed by atoms with Crippen LogP contribution in [0.4, 0.5) is 9.93 Å². The fourth-order valence-electron chi connectivity index (χ4n) is 1.79. The van der Waals surface area contributed by atoms with Crippen LogP contribution in [-0.2, 0) is 12.8 Å². The van der Waals surface area contributed by atoms with Crippen molar-refractivity contribution in [3.8, 4) is 0 Å². The van der Waals surface area contributed by atoms with Gasteiger partial charge in [0, 0.05) is 11.4 Å². The number of urea groups is 1. The summed E-state index contributed by atoms with van der Waals surface area (Å²) in [6.45, 7) is 2.74. The molecule has 1 aliphatic rings. The standard InChI is InChI=1S/C11H17N3OS/c1-2-7-12-10(15)14-11-13-8-5-3-4-6-9(8)16-11/h2-7H2,1H3,(H2,12,13,14,15). The molecule has 1 aliphatic carbocycles. The third kappa shape index (κ3) is 2.72. The van der Waals surface area contributed by atoms with E-state index < -0.39 is 0 Å². The Bertz CT molecular complexity index is 352. The lowest BCUT2D eigenvalue weighted by Gasteiger charge is -2.06. The highest BCUT2D eigenvalue weighted by atomic mass is 32.1. The van der Waals surface area contributed by atoms with Crippen LogP contribution in [-0.4, -0.2) is 17.6 Å². The molecule has 0 aliphatic heterocycles. The van der Waals surface area contributed by atoms with E-state index in [4.69, 9.17) is 0 Å². The van der Waals surface area contributed by atoms with Gasteiger partial charge in [-0.2, -0.15) is 0 Å². The zero-order valence-electron chi connectivity index (χ0n) is 9.51. The van der Waals surface area contributed by atoms with E-state index in [1.165, 1.54) is 23.4 Å². The zero-order chi connectivity index (χ0) is 11.4. The van der Waals surface area contributed by atoms with Crippen LogP contribution in [0.15, 0.2) is 0 Å². The van der Waals surface area contributed by atoms with E-state index in [-0.39, 0.29) is 6.03 Å². The van der Waals surface area contributed by atoms with E-state index in [2.05, 4.69) is 15.6 Å². The van der Waals surface area contributed by atoms with Crippen LogP contribution in [0.2, 0.25) is 0 Å². The van der Waals surface area contributed by atoms with Crippen molar-refractivity contribution in [2.45, 2.75) is 39.0 Å². The number of thiazole rings is 1. The third-order valence-electron chi connectivity index (χ3n) is 2.60. The summed E-state index contributed by atoms with van der Waals surface area (Å²) in [6.07, 6.45) is 5.59. The first-order chi connectivity index (χ1) is 7.79. The number of carbonyl (C=O) groups excluding carboxylic acids is 1. The molecule has 2 N–H and O–H groups in total. The Morgan fingerprint density at radius 3 is 3.00 bits per heavy atom. The maximum absolute atomic E-state index is 11.4. The Morgan fingerprint density at radius 2 is 2.25 bits per heavy atom. The highest BCUT2D eigenvalue weighted by molar-refractivity contribution is 7.15. The lowest BCUT2D eigenvalue weighted by atomic mass is 10.0. The van der Waals surface area contributed by atoms with Gasteiger partial charge in [-0.1, -0.05) is 6.92 Å². The molecule has 4 nitrogen and oxygen atoms in total. The molecule has 0 bridgehead atoms. The molecule has 2 rings (SSSR count). The van der Waals surface area contributed by atoms with E-state index in [1.807, 2.05) is 6.92 Å². The highest BCUT2D eigenvalue weighted by Gasteiger charge is 2.15. The second-order valence-corrected chi connectivity index (χ2v) is 5.06. The van der Waals surface area contributed by atoms with Crippen molar-refractivity contribution < 1.29 is 4.79 Å². The van der Waals surface area contributed by atoms with Crippen LogP contribution in [0, 0.1) is 0 Å². The lowest BCUT2D eigenvalue weighted by Crippen LogP contribution is -2.29. The number of amides is 2. The fourth-order valence-corrected chi connectivity index (χ4v) is 2.83. The molecule has 0 saturated carbocycles. The minimum Gasteiger partial charge on any atom is -0.338 e. The fraction of sp³-hybridized carbons (Fsp3) is 0.636. The van der Waals surface area contributed by atoms with Crippen molar-refractivity contribution in [2.24, 2.45) is 0 Å². The largest absolute Gasteiger partial charge is 0.338 e. The summed E-state index contributed by atoms with van der Waals surface area (Å²) in [6, 6.07) is -0.145. The first kappa shape index (κ1) is 11.4. The first-order valence-electron chi connectivity index (χ1n) is 5.83. The molecular formula is C11H17N3OS. The van der Waals surface area contributed by atoms with Gasteiger partial charge in [0.1, 0.15) is 0 Å². The molecule has 0 spiro atoms. The molecular weight excluding hydrogens is 222 g/mol. The maximum atomic E-state index is 11.4. The molecule has 5 heteroatoms. The Hall–Kier alpha value is -1.10. The van der Waals surface area contributed by atoms with Gasteiger partial charge < -0.3 is 5.32 Å². The first-order valence-corrected chi connectivity index (χ1v) is 6.64. The Kier molecular flexibility index (Phi) is 3.77. The van der Waals surface area contributed by atoms with Crippen molar-refractivity contribution in [3.63, 3.8) is 0 Å². The number of anilines is 1. The minimum absolute atomic E-state index is 0.145. The van der Waals surface area contributed by atoms with Crippen LogP contribution >= 0.6 is 11.3 Å². The smallest absolute Gasteiger partial charge is 0.321 e. The SMILES string of the molecule is CCCNC(=O)Nc1nc2c(s1)CCCC2. The summed E-state index contributed by atoms with van der Waals surface area (Å²) in [4.78, 5) is 17.2. The van der Waals surface area contributed by atoms with E-state index in [0.717, 1.165) is 24.4 Å². The number of aromatic nitrogens is 1. The number of hydrogen-bond donors (Lipinski definition) is 2. The number of fused-ring (bicyclic) bond motifs is 1. The molecule has 0 radical (unpaired) electrons. The van der Waals surface area contributed by atoms with E-state index in [9.17, 15) is 4.79 Å². The second kappa shape index (κ2) is 5.30. The minimum atomic E-state index is -0.145. The van der Waals surface area contributed by atoms with Gasteiger partial charge >= 0.3 is 6.03 Å². The topological polar surface area (TPSA) is 54.0 Å². The summed E-state index contributed by atoms with van der Waals surface area (Å²) < 4.78 is 0. The van der Waals surface area contributed by atoms with Gasteiger partial charge in [0.2, 0.25) is 0 Å². The summed E-state index contributed by atoms with van der Waals surface area (Å²) in [5, 5.41) is 6.31. The van der Waals surface area contributed by atoms with Crippen LogP contribution in [0.5, 0.6) is 0 Å². The van der Waals surface area contributed by atoms with Gasteiger partial charge in [-0.25, -0.2) is 9.78 Å². The molecule has 1 aromatic heterocycles. The number of rotatable bonds is 3. The predicted molar refractivity (Wildman–Crippen MR) is 66.1 cm³/mol. The number of carbonyl (C=O) groups is 1. The molecule has 0 unspecified atom stereocenters. The number of nitrogens with one attached hydrogen (secondary N) is 2. The number of aryl methyl sites for hydroxylation is 2. The van der Waals surface area contributed by atoms with Gasteiger partial charge in [0.15, 0.2) is 5.13 Å². The van der Waals surface area contributed by atoms with Crippen molar-refractivity contribution in [1.82, 2.24) is 10.3 Å². The monoisotopic (exact) mass is 239 g/mol. The van der Waals surface area contributed by atoms with E-state index >= 15 is 0 Å². The van der Waals surface area contributed by atoms with Gasteiger partial charge in [-0.05, 0) is 32.1 Å². The molecule has 0 atom stereocenters. The Balaban J connectivity index is 1.94. The molecule has 1 heterocycles. The predicted octanol–water partition coefficient (Wildman–Crippen LogP) is 2.55. The van der Waals surface area contributed by atoms with Crippen LogP contribution in [0.25, 0.3) is 0 Å². The summed E-state index contributed by atoms with van der Waals surface area (Å²) >= 11 is 1.61. The van der Waals surface area contributed by atoms with Gasteiger partial charge in [-0.3, -0.25) is 5.32 Å². The van der Waals surface area contributed by atoms with Crippen LogP contribution in [0.3, 0.4) is 0 Å². The maximum Gasteiger partial charge on any atom is 0.321 e. The quantitative estimate of drug-likeness (QED) is 0.851. The lowest BCUT2D eigenvalue weighted by molar-refractivity contribution is 0.252. The van der Waals surface area contributed by atoms with E-state index in [1.54, 1.807) is 11.3 Å². The average Bonchev–Trinajstić information content (AvgIpc) is 2.68. The van der Waals surface area contributed by atoms with Crippen LogP contribution < -0.4 is 10.6 Å². The molecule has 1 aromatic rings. The molecule has 88 valence electrons. The van der Waals surface area contributed by atoms with Crippen molar-refractivity contribution in [1.29, 1.82) is 0 Å². The molecule has 0 saturated heterocycles. The molecule has 0 fully saturated rings. The average molecular weight is 239 g/mol.